The molecule has 0 unspecified atom stereocenters. The summed E-state index contributed by atoms with van der Waals surface area (Å²) in [5.41, 5.74) is 1.90. The van der Waals surface area contributed by atoms with Gasteiger partial charge in [-0.2, -0.15) is 0 Å². The van der Waals surface area contributed by atoms with E-state index in [1.807, 2.05) is 38.1 Å². The van der Waals surface area contributed by atoms with Crippen LogP contribution in [0.3, 0.4) is 0 Å². The van der Waals surface area contributed by atoms with Gasteiger partial charge in [0.1, 0.15) is 17.9 Å². The molecule has 0 spiro atoms. The normalized spacial score (nSPS) is 12.6. The van der Waals surface area contributed by atoms with Gasteiger partial charge in [0.2, 0.25) is 10.0 Å². The molecule has 0 fully saturated rings. The minimum atomic E-state index is -3.49. The number of hydrogen-bond donors (Lipinski definition) is 3. The van der Waals surface area contributed by atoms with E-state index in [0.717, 1.165) is 22.3 Å². The molecule has 0 aliphatic carbocycles. The minimum absolute atomic E-state index is 0.152. The lowest BCUT2D eigenvalue weighted by atomic mass is 10.1. The van der Waals surface area contributed by atoms with E-state index in [2.05, 4.69) is 15.6 Å². The van der Waals surface area contributed by atoms with Crippen LogP contribution in [0.5, 0.6) is 0 Å². The standard InChI is InChI=1S/C15H22N4O3S/c1-3-17-15(18-8-9-23(16,20)21)19-10-14-11(2)12-6-4-5-7-13(12)22-14/h4-7H,3,8-10H2,1-2H3,(H2,16,20,21)(H2,17,18,19). The Morgan fingerprint density at radius 3 is 2.70 bits per heavy atom. The predicted octanol–water partition coefficient (Wildman–Crippen LogP) is 1.08. The molecule has 1 heterocycles. The van der Waals surface area contributed by atoms with Gasteiger partial charge >= 0.3 is 0 Å². The second-order valence-corrected chi connectivity index (χ2v) is 6.87. The second kappa shape index (κ2) is 7.47. The number of hydrogen-bond acceptors (Lipinski definition) is 4. The summed E-state index contributed by atoms with van der Waals surface area (Å²) >= 11 is 0. The fraction of sp³-hybridized carbons (Fsp3) is 0.400. The van der Waals surface area contributed by atoms with Crippen molar-refractivity contribution in [1.82, 2.24) is 10.6 Å². The van der Waals surface area contributed by atoms with Crippen LogP contribution in [0.15, 0.2) is 33.7 Å². The number of nitrogens with one attached hydrogen (secondary N) is 2. The van der Waals surface area contributed by atoms with Gasteiger partial charge in [0, 0.05) is 24.0 Å². The van der Waals surface area contributed by atoms with Crippen LogP contribution < -0.4 is 15.8 Å². The Morgan fingerprint density at radius 2 is 2.04 bits per heavy atom. The highest BCUT2D eigenvalue weighted by Gasteiger charge is 2.10. The summed E-state index contributed by atoms with van der Waals surface area (Å²) in [6, 6.07) is 7.83. The average molecular weight is 338 g/mol. The zero-order valence-electron chi connectivity index (χ0n) is 13.3. The van der Waals surface area contributed by atoms with Crippen LogP contribution in [0.4, 0.5) is 0 Å². The van der Waals surface area contributed by atoms with Gasteiger partial charge in [-0.3, -0.25) is 0 Å². The lowest BCUT2D eigenvalue weighted by molar-refractivity contribution is 0.548. The summed E-state index contributed by atoms with van der Waals surface area (Å²) in [6.45, 7) is 5.16. The van der Waals surface area contributed by atoms with E-state index in [-0.39, 0.29) is 12.3 Å². The maximum Gasteiger partial charge on any atom is 0.210 e. The van der Waals surface area contributed by atoms with Crippen LogP contribution in [-0.2, 0) is 16.6 Å². The third-order valence-corrected chi connectivity index (χ3v) is 4.12. The molecule has 7 nitrogen and oxygen atoms in total. The van der Waals surface area contributed by atoms with E-state index in [9.17, 15) is 8.42 Å². The number of primary sulfonamides is 1. The molecule has 4 N–H and O–H groups in total. The highest BCUT2D eigenvalue weighted by Crippen LogP contribution is 2.25. The number of aryl methyl sites for hydroxylation is 1. The van der Waals surface area contributed by atoms with Gasteiger partial charge in [-0.1, -0.05) is 18.2 Å². The summed E-state index contributed by atoms with van der Waals surface area (Å²) in [4.78, 5) is 4.42. The molecule has 0 saturated heterocycles. The summed E-state index contributed by atoms with van der Waals surface area (Å²) in [7, 11) is -3.49. The second-order valence-electron chi connectivity index (χ2n) is 5.14. The van der Waals surface area contributed by atoms with Crippen LogP contribution in [0.1, 0.15) is 18.2 Å². The van der Waals surface area contributed by atoms with Crippen LogP contribution in [0.2, 0.25) is 0 Å². The highest BCUT2D eigenvalue weighted by atomic mass is 32.2. The third-order valence-electron chi connectivity index (χ3n) is 3.35. The third kappa shape index (κ3) is 4.97. The Labute approximate surface area is 136 Å². The first kappa shape index (κ1) is 17.3. The van der Waals surface area contributed by atoms with E-state index in [1.165, 1.54) is 0 Å². The van der Waals surface area contributed by atoms with E-state index in [0.29, 0.717) is 19.0 Å². The molecule has 0 amide bonds. The number of fused-ring (bicyclic) bond motifs is 1. The molecule has 2 aromatic rings. The highest BCUT2D eigenvalue weighted by molar-refractivity contribution is 7.89. The van der Waals surface area contributed by atoms with Crippen molar-refractivity contribution in [2.24, 2.45) is 10.1 Å². The maximum absolute atomic E-state index is 11.0. The van der Waals surface area contributed by atoms with Crippen LogP contribution >= 0.6 is 0 Å². The molecule has 8 heteroatoms. The number of benzene rings is 1. The summed E-state index contributed by atoms with van der Waals surface area (Å²) < 4.78 is 27.7. The van der Waals surface area contributed by atoms with Crippen molar-refractivity contribution in [3.05, 3.63) is 35.6 Å². The number of nitrogens with zero attached hydrogens (tertiary/aromatic N) is 1. The van der Waals surface area contributed by atoms with Crippen molar-refractivity contribution < 1.29 is 12.8 Å². The lowest BCUT2D eigenvalue weighted by Crippen LogP contribution is -2.40. The number of aliphatic imine (C=N–C) groups is 1. The molecular formula is C15H22N4O3S. The largest absolute Gasteiger partial charge is 0.459 e. The molecule has 126 valence electrons. The summed E-state index contributed by atoms with van der Waals surface area (Å²) in [5, 5.41) is 12.0. The van der Waals surface area contributed by atoms with Gasteiger partial charge in [-0.15, -0.1) is 0 Å². The molecule has 0 aliphatic heterocycles. The first-order valence-electron chi connectivity index (χ1n) is 7.40. The zero-order chi connectivity index (χ0) is 16.9. The number of nitrogens with two attached hydrogens (primary N) is 1. The van der Waals surface area contributed by atoms with Crippen LogP contribution in [-0.4, -0.2) is 33.2 Å². The minimum Gasteiger partial charge on any atom is -0.459 e. The van der Waals surface area contributed by atoms with Crippen molar-refractivity contribution in [1.29, 1.82) is 0 Å². The number of guanidine groups is 1. The quantitative estimate of drug-likeness (QED) is 0.539. The van der Waals surface area contributed by atoms with Crippen LogP contribution in [0, 0.1) is 6.92 Å². The first-order valence-corrected chi connectivity index (χ1v) is 9.12. The molecule has 1 aromatic carbocycles. The van der Waals surface area contributed by atoms with E-state index >= 15 is 0 Å². The monoisotopic (exact) mass is 338 g/mol. The van der Waals surface area contributed by atoms with Crippen molar-refractivity contribution in [3.8, 4) is 0 Å². The van der Waals surface area contributed by atoms with Crippen molar-refractivity contribution in [2.75, 3.05) is 18.8 Å². The smallest absolute Gasteiger partial charge is 0.210 e. The maximum atomic E-state index is 11.0. The molecule has 0 bridgehead atoms. The van der Waals surface area contributed by atoms with E-state index in [4.69, 9.17) is 9.56 Å². The Bertz CT molecular complexity index is 796. The van der Waals surface area contributed by atoms with Gasteiger partial charge in [0.25, 0.3) is 0 Å². The average Bonchev–Trinajstić information content (AvgIpc) is 2.80. The topological polar surface area (TPSA) is 110 Å². The molecule has 2 rings (SSSR count). The Kier molecular flexibility index (Phi) is 5.62. The molecule has 0 atom stereocenters. The Morgan fingerprint density at radius 1 is 1.30 bits per heavy atom. The molecule has 1 aromatic heterocycles. The van der Waals surface area contributed by atoms with Gasteiger partial charge in [0.05, 0.1) is 5.75 Å². The Hall–Kier alpha value is -2.06. The number of para-hydroxylation sites is 1. The summed E-state index contributed by atoms with van der Waals surface area (Å²) in [6.07, 6.45) is 0. The molecule has 0 aliphatic rings. The SMILES string of the molecule is CCNC(=NCc1oc2ccccc2c1C)NCCS(N)(=O)=O. The van der Waals surface area contributed by atoms with Gasteiger partial charge in [0.15, 0.2) is 5.96 Å². The number of sulfonamides is 1. The van der Waals surface area contributed by atoms with Crippen molar-refractivity contribution in [3.63, 3.8) is 0 Å². The molecular weight excluding hydrogens is 316 g/mol. The van der Waals surface area contributed by atoms with Crippen molar-refractivity contribution in [2.45, 2.75) is 20.4 Å². The Balaban J connectivity index is 2.08. The number of furan rings is 1. The van der Waals surface area contributed by atoms with Gasteiger partial charge in [-0.05, 0) is 19.9 Å². The summed E-state index contributed by atoms with van der Waals surface area (Å²) in [5.74, 6) is 1.16. The zero-order valence-corrected chi connectivity index (χ0v) is 14.1. The van der Waals surface area contributed by atoms with Crippen molar-refractivity contribution >= 4 is 27.0 Å². The van der Waals surface area contributed by atoms with Crippen LogP contribution in [0.25, 0.3) is 11.0 Å². The fourth-order valence-electron chi connectivity index (χ4n) is 2.18. The number of rotatable bonds is 6. The van der Waals surface area contributed by atoms with Gasteiger partial charge in [-0.25, -0.2) is 18.5 Å². The predicted molar refractivity (Wildman–Crippen MR) is 91.7 cm³/mol. The molecule has 0 saturated carbocycles. The molecule has 0 radical (unpaired) electrons. The van der Waals surface area contributed by atoms with E-state index in [1.54, 1.807) is 0 Å². The fourth-order valence-corrected chi connectivity index (χ4v) is 2.57. The molecule has 23 heavy (non-hydrogen) atoms. The lowest BCUT2D eigenvalue weighted by Gasteiger charge is -2.10. The van der Waals surface area contributed by atoms with Gasteiger partial charge < -0.3 is 15.1 Å². The first-order chi connectivity index (χ1) is 10.9. The van der Waals surface area contributed by atoms with E-state index < -0.39 is 10.0 Å².